The topological polar surface area (TPSA) is 74.7 Å². The molecule has 0 saturated heterocycles. The summed E-state index contributed by atoms with van der Waals surface area (Å²) < 4.78 is 16.7. The first-order valence-corrected chi connectivity index (χ1v) is 11.4. The molecule has 0 bridgehead atoms. The van der Waals surface area contributed by atoms with Gasteiger partial charge in [-0.3, -0.25) is 4.79 Å². The first kappa shape index (κ1) is 20.0. The molecular formula is C27H23NO5. The number of carbonyl (C=O) groups excluding carboxylic acids is 2. The molecular weight excluding hydrogens is 418 g/mol. The van der Waals surface area contributed by atoms with E-state index in [9.17, 15) is 9.59 Å². The predicted molar refractivity (Wildman–Crippen MR) is 123 cm³/mol. The molecule has 3 aliphatic rings. The van der Waals surface area contributed by atoms with Crippen LogP contribution in [0, 0.1) is 0 Å². The number of rotatable bonds is 3. The Bertz CT molecular complexity index is 1330. The Hall–Kier alpha value is -3.67. The van der Waals surface area contributed by atoms with Crippen LogP contribution in [0.1, 0.15) is 59.3 Å². The normalized spacial score (nSPS) is 20.3. The Kier molecular flexibility index (Phi) is 4.86. The standard InChI is InChI=1S/C27H23NO5/c29-21-7-3-4-8-22(21)33-27(30)25-18-5-1-2-6-20(18)28-26-17(10-11-19(25)26)13-16-9-12-23-24(14-16)32-15-31-23/h1-2,5-6,9,12-14,22H,3-4,7-8,10-11,15H2. The molecule has 2 aromatic carbocycles. The van der Waals surface area contributed by atoms with Crippen LogP contribution in [0.15, 0.2) is 42.5 Å². The number of Topliss-reactive ketones (excluding diaryl/α,β-unsaturated/α-hetero) is 1. The van der Waals surface area contributed by atoms with Crippen LogP contribution in [0.3, 0.4) is 0 Å². The molecule has 1 atom stereocenters. The fourth-order valence-corrected chi connectivity index (χ4v) is 4.98. The maximum Gasteiger partial charge on any atom is 0.339 e. The number of carbonyl (C=O) groups is 2. The average Bonchev–Trinajstić information content (AvgIpc) is 3.45. The van der Waals surface area contributed by atoms with Crippen LogP contribution >= 0.6 is 0 Å². The van der Waals surface area contributed by atoms with Gasteiger partial charge in [0.05, 0.1) is 16.8 Å². The van der Waals surface area contributed by atoms with Gasteiger partial charge in [0.1, 0.15) is 0 Å². The van der Waals surface area contributed by atoms with Crippen LogP contribution in [0.25, 0.3) is 22.6 Å². The zero-order valence-electron chi connectivity index (χ0n) is 18.1. The summed E-state index contributed by atoms with van der Waals surface area (Å²) in [6.45, 7) is 0.237. The lowest BCUT2D eigenvalue weighted by molar-refractivity contribution is -0.129. The van der Waals surface area contributed by atoms with Crippen molar-refractivity contribution in [2.45, 2.75) is 44.6 Å². The number of hydrogen-bond acceptors (Lipinski definition) is 6. The van der Waals surface area contributed by atoms with Gasteiger partial charge in [0.15, 0.2) is 23.4 Å². The average molecular weight is 441 g/mol. The Balaban J connectivity index is 1.41. The molecule has 1 saturated carbocycles. The molecule has 2 aliphatic carbocycles. The molecule has 0 spiro atoms. The Morgan fingerprint density at radius 1 is 1.03 bits per heavy atom. The second-order valence-electron chi connectivity index (χ2n) is 8.72. The summed E-state index contributed by atoms with van der Waals surface area (Å²) in [5.74, 6) is 1.08. The van der Waals surface area contributed by atoms with Crippen molar-refractivity contribution < 1.29 is 23.8 Å². The van der Waals surface area contributed by atoms with Crippen LogP contribution in [0.4, 0.5) is 0 Å². The van der Waals surface area contributed by atoms with Crippen molar-refractivity contribution in [3.8, 4) is 11.5 Å². The number of ketones is 1. The molecule has 0 amide bonds. The zero-order chi connectivity index (χ0) is 22.4. The van der Waals surface area contributed by atoms with Crippen LogP contribution in [-0.4, -0.2) is 29.6 Å². The number of para-hydroxylation sites is 1. The number of esters is 1. The lowest BCUT2D eigenvalue weighted by atomic mass is 9.96. The zero-order valence-corrected chi connectivity index (χ0v) is 18.1. The third-order valence-electron chi connectivity index (χ3n) is 6.63. The maximum absolute atomic E-state index is 13.4. The van der Waals surface area contributed by atoms with Gasteiger partial charge in [-0.15, -0.1) is 0 Å². The van der Waals surface area contributed by atoms with E-state index in [4.69, 9.17) is 19.2 Å². The monoisotopic (exact) mass is 441 g/mol. The Morgan fingerprint density at radius 3 is 2.82 bits per heavy atom. The van der Waals surface area contributed by atoms with Crippen molar-refractivity contribution in [1.29, 1.82) is 0 Å². The SMILES string of the molecule is O=C(OC1CCCCC1=O)c1c2c(nc3ccccc13)C(=Cc1ccc3c(c1)OCO3)CC2. The second-order valence-corrected chi connectivity index (χ2v) is 8.72. The molecule has 2 heterocycles. The van der Waals surface area contributed by atoms with E-state index >= 15 is 0 Å². The lowest BCUT2D eigenvalue weighted by Crippen LogP contribution is -2.30. The van der Waals surface area contributed by atoms with Crippen molar-refractivity contribution in [1.82, 2.24) is 4.98 Å². The second kappa shape index (κ2) is 8.03. The van der Waals surface area contributed by atoms with Crippen LogP contribution in [-0.2, 0) is 16.0 Å². The predicted octanol–water partition coefficient (Wildman–Crippen LogP) is 5.12. The molecule has 6 heteroatoms. The number of hydrogen-bond donors (Lipinski definition) is 0. The number of ether oxygens (including phenoxy) is 3. The van der Waals surface area contributed by atoms with E-state index in [-0.39, 0.29) is 12.6 Å². The van der Waals surface area contributed by atoms with Crippen LogP contribution in [0.2, 0.25) is 0 Å². The van der Waals surface area contributed by atoms with E-state index in [1.54, 1.807) is 0 Å². The van der Waals surface area contributed by atoms with Crippen LogP contribution in [0.5, 0.6) is 11.5 Å². The third-order valence-corrected chi connectivity index (χ3v) is 6.63. The van der Waals surface area contributed by atoms with Crippen molar-refractivity contribution in [2.24, 2.45) is 0 Å². The van der Waals surface area contributed by atoms with E-state index in [0.717, 1.165) is 64.1 Å². The van der Waals surface area contributed by atoms with Gasteiger partial charge in [-0.1, -0.05) is 24.3 Å². The maximum atomic E-state index is 13.4. The summed E-state index contributed by atoms with van der Waals surface area (Å²) in [6.07, 6.45) is 5.78. The van der Waals surface area contributed by atoms with Gasteiger partial charge in [0, 0.05) is 11.8 Å². The van der Waals surface area contributed by atoms with Gasteiger partial charge in [-0.05, 0) is 73.1 Å². The molecule has 6 rings (SSSR count). The summed E-state index contributed by atoms with van der Waals surface area (Å²) in [5.41, 5.74) is 5.08. The number of benzene rings is 2. The van der Waals surface area contributed by atoms with E-state index in [2.05, 4.69) is 6.08 Å². The summed E-state index contributed by atoms with van der Waals surface area (Å²) in [6, 6.07) is 13.5. The van der Waals surface area contributed by atoms with E-state index < -0.39 is 12.1 Å². The molecule has 3 aromatic rings. The van der Waals surface area contributed by atoms with Gasteiger partial charge >= 0.3 is 5.97 Å². The molecule has 1 aliphatic heterocycles. The van der Waals surface area contributed by atoms with Gasteiger partial charge in [-0.25, -0.2) is 9.78 Å². The number of fused-ring (bicyclic) bond motifs is 3. The number of pyridine rings is 1. The number of nitrogens with zero attached hydrogens (tertiary/aromatic N) is 1. The van der Waals surface area contributed by atoms with Crippen molar-refractivity contribution in [2.75, 3.05) is 6.79 Å². The van der Waals surface area contributed by atoms with E-state index in [1.807, 2.05) is 42.5 Å². The quantitative estimate of drug-likeness (QED) is 0.525. The smallest absolute Gasteiger partial charge is 0.339 e. The number of aromatic nitrogens is 1. The highest BCUT2D eigenvalue weighted by Gasteiger charge is 2.31. The van der Waals surface area contributed by atoms with Gasteiger partial charge in [-0.2, -0.15) is 0 Å². The van der Waals surface area contributed by atoms with E-state index in [1.165, 1.54) is 0 Å². The molecule has 6 nitrogen and oxygen atoms in total. The first-order chi connectivity index (χ1) is 16.2. The highest BCUT2D eigenvalue weighted by molar-refractivity contribution is 6.08. The summed E-state index contributed by atoms with van der Waals surface area (Å²) in [4.78, 5) is 30.6. The minimum absolute atomic E-state index is 0.0213. The molecule has 1 unspecified atom stereocenters. The highest BCUT2D eigenvalue weighted by Crippen LogP contribution is 2.39. The third kappa shape index (κ3) is 3.55. The van der Waals surface area contributed by atoms with Crippen LogP contribution < -0.4 is 9.47 Å². The number of allylic oxidation sites excluding steroid dienone is 1. The van der Waals surface area contributed by atoms with Crippen molar-refractivity contribution in [3.63, 3.8) is 0 Å². The van der Waals surface area contributed by atoms with Gasteiger partial charge in [0.2, 0.25) is 6.79 Å². The van der Waals surface area contributed by atoms with Gasteiger partial charge in [0.25, 0.3) is 0 Å². The fraction of sp³-hybridized carbons (Fsp3) is 0.296. The molecule has 1 aromatic heterocycles. The van der Waals surface area contributed by atoms with Crippen molar-refractivity contribution >= 4 is 34.3 Å². The molecule has 0 radical (unpaired) electrons. The molecule has 1 fully saturated rings. The van der Waals surface area contributed by atoms with Crippen molar-refractivity contribution in [3.05, 3.63) is 64.8 Å². The molecule has 33 heavy (non-hydrogen) atoms. The largest absolute Gasteiger partial charge is 0.454 e. The summed E-state index contributed by atoms with van der Waals surface area (Å²) >= 11 is 0. The Labute approximate surface area is 191 Å². The minimum atomic E-state index is -0.640. The summed E-state index contributed by atoms with van der Waals surface area (Å²) in [5, 5.41) is 0.772. The highest BCUT2D eigenvalue weighted by atomic mass is 16.7. The fourth-order valence-electron chi connectivity index (χ4n) is 4.98. The molecule has 0 N–H and O–H groups in total. The molecule has 166 valence electrons. The lowest BCUT2D eigenvalue weighted by Gasteiger charge is -2.21. The summed E-state index contributed by atoms with van der Waals surface area (Å²) in [7, 11) is 0. The minimum Gasteiger partial charge on any atom is -0.454 e. The first-order valence-electron chi connectivity index (χ1n) is 11.4. The van der Waals surface area contributed by atoms with Gasteiger partial charge < -0.3 is 14.2 Å². The Morgan fingerprint density at radius 2 is 1.91 bits per heavy atom. The van der Waals surface area contributed by atoms with E-state index in [0.29, 0.717) is 24.8 Å².